The van der Waals surface area contributed by atoms with Crippen LogP contribution in [-0.2, 0) is 22.4 Å². The van der Waals surface area contributed by atoms with Crippen LogP contribution < -0.4 is 0 Å². The minimum atomic E-state index is 0.399. The molecule has 0 aromatic heterocycles. The molecule has 0 heterocycles. The van der Waals surface area contributed by atoms with Crippen LogP contribution in [0.3, 0.4) is 0 Å². The smallest absolute Gasteiger partial charge is 0.417 e. The molecule has 1 aliphatic carbocycles. The van der Waals surface area contributed by atoms with E-state index in [9.17, 15) is 4.79 Å². The molecule has 89 valence electrons. The zero-order valence-electron chi connectivity index (χ0n) is 9.98. The van der Waals surface area contributed by atoms with E-state index in [0.29, 0.717) is 6.61 Å². The molecular formula is C16H13O2. The molecule has 0 saturated carbocycles. The summed E-state index contributed by atoms with van der Waals surface area (Å²) in [7, 11) is 0. The van der Waals surface area contributed by atoms with Crippen molar-refractivity contribution >= 4 is 6.47 Å². The summed E-state index contributed by atoms with van der Waals surface area (Å²) < 4.78 is 4.67. The quantitative estimate of drug-likeness (QED) is 0.652. The first-order chi connectivity index (χ1) is 8.90. The molecule has 0 bridgehead atoms. The van der Waals surface area contributed by atoms with E-state index in [4.69, 9.17) is 0 Å². The molecule has 0 atom stereocenters. The second-order valence-corrected chi connectivity index (χ2v) is 4.46. The van der Waals surface area contributed by atoms with Crippen molar-refractivity contribution in [2.45, 2.75) is 12.8 Å². The Labute approximate surface area is 106 Å². The number of hydrogen-bond donors (Lipinski definition) is 0. The molecule has 2 heteroatoms. The Hall–Kier alpha value is -2.09. The maximum Gasteiger partial charge on any atom is 0.417 e. The van der Waals surface area contributed by atoms with E-state index in [1.54, 1.807) is 0 Å². The summed E-state index contributed by atoms with van der Waals surface area (Å²) in [6.07, 6.45) is 1.74. The maximum absolute atomic E-state index is 10.1. The van der Waals surface area contributed by atoms with Crippen molar-refractivity contribution in [3.8, 4) is 11.1 Å². The summed E-state index contributed by atoms with van der Waals surface area (Å²) in [6.45, 7) is 1.87. The van der Waals surface area contributed by atoms with Gasteiger partial charge in [-0.2, -0.15) is 0 Å². The van der Waals surface area contributed by atoms with E-state index in [2.05, 4.69) is 47.2 Å². The number of fused-ring (bicyclic) bond motifs is 3. The van der Waals surface area contributed by atoms with E-state index in [1.807, 2.05) is 0 Å². The summed E-state index contributed by atoms with van der Waals surface area (Å²) >= 11 is 0. The number of hydrogen-bond acceptors (Lipinski definition) is 2. The van der Waals surface area contributed by atoms with Gasteiger partial charge in [-0.15, -0.1) is 0 Å². The lowest BCUT2D eigenvalue weighted by Crippen LogP contribution is -2.00. The van der Waals surface area contributed by atoms with Gasteiger partial charge < -0.3 is 4.74 Å². The molecule has 18 heavy (non-hydrogen) atoms. The fourth-order valence-electron chi connectivity index (χ4n) is 2.66. The van der Waals surface area contributed by atoms with Gasteiger partial charge in [-0.1, -0.05) is 42.5 Å². The van der Waals surface area contributed by atoms with Gasteiger partial charge in [0.2, 0.25) is 0 Å². The number of benzene rings is 2. The standard InChI is InChI=1S/C16H13O2/c17-11-18-9-8-12-5-3-7-15-14-6-2-1-4-13(14)10-16(12)15/h1-7H,8-10H2. The first-order valence-electron chi connectivity index (χ1n) is 6.08. The van der Waals surface area contributed by atoms with Gasteiger partial charge in [0.15, 0.2) is 0 Å². The molecule has 0 unspecified atom stereocenters. The highest BCUT2D eigenvalue weighted by Crippen LogP contribution is 2.38. The molecule has 2 aromatic carbocycles. The van der Waals surface area contributed by atoms with Crippen LogP contribution in [-0.4, -0.2) is 13.1 Å². The van der Waals surface area contributed by atoms with Crippen molar-refractivity contribution in [2.75, 3.05) is 6.61 Å². The first kappa shape index (κ1) is 11.0. The predicted octanol–water partition coefficient (Wildman–Crippen LogP) is 2.88. The maximum atomic E-state index is 10.1. The van der Waals surface area contributed by atoms with Crippen molar-refractivity contribution in [3.05, 3.63) is 59.2 Å². The van der Waals surface area contributed by atoms with E-state index in [0.717, 1.165) is 12.8 Å². The lowest BCUT2D eigenvalue weighted by molar-refractivity contribution is 0.281. The third-order valence-electron chi connectivity index (χ3n) is 3.48. The summed E-state index contributed by atoms with van der Waals surface area (Å²) in [5, 5.41) is 0. The summed E-state index contributed by atoms with van der Waals surface area (Å²) in [4.78, 5) is 10.1. The van der Waals surface area contributed by atoms with E-state index < -0.39 is 0 Å². The third kappa shape index (κ3) is 1.80. The minimum Gasteiger partial charge on any atom is -0.457 e. The molecule has 2 nitrogen and oxygen atoms in total. The number of carbonyl (C=O) groups excluding carboxylic acids is 1. The molecule has 0 amide bonds. The highest BCUT2D eigenvalue weighted by atomic mass is 16.5. The summed E-state index contributed by atoms with van der Waals surface area (Å²) in [6, 6.07) is 14.8. The second-order valence-electron chi connectivity index (χ2n) is 4.46. The topological polar surface area (TPSA) is 26.3 Å². The molecule has 1 radical (unpaired) electrons. The zero-order valence-corrected chi connectivity index (χ0v) is 9.98. The summed E-state index contributed by atoms with van der Waals surface area (Å²) in [5.41, 5.74) is 6.66. The fraction of sp³-hybridized carbons (Fsp3) is 0.188. The van der Waals surface area contributed by atoms with Crippen LogP contribution in [0.2, 0.25) is 0 Å². The van der Waals surface area contributed by atoms with Crippen LogP contribution in [0.25, 0.3) is 11.1 Å². The van der Waals surface area contributed by atoms with E-state index in [-0.39, 0.29) is 0 Å². The van der Waals surface area contributed by atoms with Gasteiger partial charge in [0.25, 0.3) is 0 Å². The van der Waals surface area contributed by atoms with Crippen molar-refractivity contribution in [1.29, 1.82) is 0 Å². The average molecular weight is 237 g/mol. The molecule has 0 fully saturated rings. The van der Waals surface area contributed by atoms with Crippen molar-refractivity contribution < 1.29 is 9.53 Å². The number of rotatable bonds is 4. The SMILES string of the molecule is O=[C]OCCc1cccc2c1Cc1ccccc1-2. The largest absolute Gasteiger partial charge is 0.457 e. The van der Waals surface area contributed by atoms with Crippen molar-refractivity contribution in [3.63, 3.8) is 0 Å². The van der Waals surface area contributed by atoms with E-state index in [1.165, 1.54) is 34.3 Å². The van der Waals surface area contributed by atoms with Crippen molar-refractivity contribution in [1.82, 2.24) is 0 Å². The van der Waals surface area contributed by atoms with Crippen LogP contribution in [0.5, 0.6) is 0 Å². The molecule has 0 aliphatic heterocycles. The normalized spacial score (nSPS) is 11.8. The van der Waals surface area contributed by atoms with Crippen LogP contribution in [0.1, 0.15) is 16.7 Å². The summed E-state index contributed by atoms with van der Waals surface area (Å²) in [5.74, 6) is 0. The monoisotopic (exact) mass is 237 g/mol. The Morgan fingerprint density at radius 2 is 1.89 bits per heavy atom. The second kappa shape index (κ2) is 4.65. The molecule has 0 spiro atoms. The van der Waals surface area contributed by atoms with Gasteiger partial charge in [-0.05, 0) is 34.2 Å². The number of ether oxygens (including phenoxy) is 1. The Morgan fingerprint density at radius 1 is 1.06 bits per heavy atom. The molecule has 0 saturated heterocycles. The Morgan fingerprint density at radius 3 is 2.78 bits per heavy atom. The average Bonchev–Trinajstić information content (AvgIpc) is 2.79. The molecule has 2 aromatic rings. The Balaban J connectivity index is 1.95. The van der Waals surface area contributed by atoms with Gasteiger partial charge in [-0.3, -0.25) is 0 Å². The first-order valence-corrected chi connectivity index (χ1v) is 6.08. The Kier molecular flexibility index (Phi) is 2.85. The van der Waals surface area contributed by atoms with Crippen molar-refractivity contribution in [2.24, 2.45) is 0 Å². The van der Waals surface area contributed by atoms with Crippen LogP contribution >= 0.6 is 0 Å². The molecule has 1 aliphatic rings. The van der Waals surface area contributed by atoms with Gasteiger partial charge >= 0.3 is 6.47 Å². The molecule has 3 rings (SSSR count). The van der Waals surface area contributed by atoms with Gasteiger partial charge in [0.05, 0.1) is 6.61 Å². The predicted molar refractivity (Wildman–Crippen MR) is 70.0 cm³/mol. The van der Waals surface area contributed by atoms with Crippen LogP contribution in [0.4, 0.5) is 0 Å². The van der Waals surface area contributed by atoms with E-state index >= 15 is 0 Å². The molecule has 0 N–H and O–H groups in total. The fourth-order valence-corrected chi connectivity index (χ4v) is 2.66. The highest BCUT2D eigenvalue weighted by Gasteiger charge is 2.19. The molecular weight excluding hydrogens is 224 g/mol. The Bertz CT molecular complexity index is 587. The lowest BCUT2D eigenvalue weighted by Gasteiger charge is -2.07. The van der Waals surface area contributed by atoms with Crippen LogP contribution in [0, 0.1) is 0 Å². The third-order valence-corrected chi connectivity index (χ3v) is 3.48. The zero-order chi connectivity index (χ0) is 12.4. The highest BCUT2D eigenvalue weighted by molar-refractivity contribution is 5.77. The lowest BCUT2D eigenvalue weighted by atomic mass is 9.99. The van der Waals surface area contributed by atoms with Gasteiger partial charge in [0, 0.05) is 6.42 Å². The van der Waals surface area contributed by atoms with Gasteiger partial charge in [0.1, 0.15) is 0 Å². The van der Waals surface area contributed by atoms with Gasteiger partial charge in [-0.25, -0.2) is 4.79 Å². The van der Waals surface area contributed by atoms with Crippen LogP contribution in [0.15, 0.2) is 42.5 Å². The minimum absolute atomic E-state index is 0.399.